The van der Waals surface area contributed by atoms with Gasteiger partial charge in [-0.15, -0.1) is 0 Å². The lowest BCUT2D eigenvalue weighted by Crippen LogP contribution is -2.36. The Morgan fingerprint density at radius 2 is 1.96 bits per heavy atom. The Hall–Kier alpha value is -5.20. The smallest absolute Gasteiger partial charge is 0.405 e. The van der Waals surface area contributed by atoms with E-state index in [1.165, 1.54) is 18.5 Å². The van der Waals surface area contributed by atoms with E-state index < -0.39 is 17.6 Å². The second-order valence-corrected chi connectivity index (χ2v) is 11.4. The van der Waals surface area contributed by atoms with E-state index in [0.29, 0.717) is 18.0 Å². The monoisotopic (exact) mass is 648 g/mol. The van der Waals surface area contributed by atoms with Gasteiger partial charge in [-0.2, -0.15) is 17.7 Å². The van der Waals surface area contributed by atoms with Crippen molar-refractivity contribution in [3.8, 4) is 11.3 Å². The first-order valence-electron chi connectivity index (χ1n) is 15.0. The molecule has 0 saturated carbocycles. The minimum Gasteiger partial charge on any atom is -0.405 e. The number of nitrogens with zero attached hydrogens (tertiary/aromatic N) is 6. The fourth-order valence-corrected chi connectivity index (χ4v) is 4.37. The highest BCUT2D eigenvalue weighted by Gasteiger charge is 2.32. The maximum Gasteiger partial charge on any atom is 0.416 e. The topological polar surface area (TPSA) is 113 Å². The molecule has 4 rings (SSSR count). The lowest BCUT2D eigenvalue weighted by atomic mass is 10.1. The third-order valence-electron chi connectivity index (χ3n) is 7.15. The average Bonchev–Trinajstić information content (AvgIpc) is 3.48. The molecule has 1 aliphatic heterocycles. The third kappa shape index (κ3) is 9.41. The number of aromatic nitrogens is 3. The van der Waals surface area contributed by atoms with Crippen molar-refractivity contribution in [2.75, 3.05) is 16.8 Å². The molecule has 1 aliphatic rings. The fraction of sp³-hybridized carbons (Fsp3) is 0.324. The molecule has 1 N–H and O–H groups in total. The van der Waals surface area contributed by atoms with Gasteiger partial charge in [0.25, 0.3) is 12.6 Å². The SMILES string of the molecule is C/C=C(/C)C(/C=C(\C)C(=O)Nc1cc(N2C=NC(C)C2)cc(C(F)(F)F)c1)=Nc1nccc(-c2ccc[n+](COC(=O)C(C)C)c2)n1. The number of aliphatic imine (C=N–C) groups is 2. The average molecular weight is 649 g/mol. The van der Waals surface area contributed by atoms with Crippen molar-refractivity contribution in [2.24, 2.45) is 15.9 Å². The highest BCUT2D eigenvalue weighted by atomic mass is 19.4. The number of nitrogens with one attached hydrogen (secondary N) is 1. The first-order chi connectivity index (χ1) is 22.2. The zero-order valence-corrected chi connectivity index (χ0v) is 27.0. The molecule has 10 nitrogen and oxygen atoms in total. The second-order valence-electron chi connectivity index (χ2n) is 11.4. The van der Waals surface area contributed by atoms with E-state index in [-0.39, 0.29) is 47.6 Å². The maximum absolute atomic E-state index is 13.7. The molecule has 0 fully saturated rings. The van der Waals surface area contributed by atoms with Gasteiger partial charge in [-0.05, 0) is 69.7 Å². The van der Waals surface area contributed by atoms with Gasteiger partial charge in [0.1, 0.15) is 0 Å². The summed E-state index contributed by atoms with van der Waals surface area (Å²) in [5, 5.41) is 2.60. The Morgan fingerprint density at radius 3 is 2.62 bits per heavy atom. The van der Waals surface area contributed by atoms with Crippen molar-refractivity contribution in [1.82, 2.24) is 9.97 Å². The van der Waals surface area contributed by atoms with Crippen LogP contribution >= 0.6 is 0 Å². The summed E-state index contributed by atoms with van der Waals surface area (Å²) in [6.07, 6.45) is 5.33. The minimum atomic E-state index is -4.61. The number of hydrogen-bond acceptors (Lipinski definition) is 8. The van der Waals surface area contributed by atoms with Gasteiger partial charge in [0.15, 0.2) is 12.4 Å². The van der Waals surface area contributed by atoms with E-state index in [4.69, 9.17) is 4.74 Å². The van der Waals surface area contributed by atoms with Crippen molar-refractivity contribution < 1.29 is 32.1 Å². The Morgan fingerprint density at radius 1 is 1.19 bits per heavy atom. The van der Waals surface area contributed by atoms with Gasteiger partial charge in [-0.3, -0.25) is 14.6 Å². The van der Waals surface area contributed by atoms with Crippen LogP contribution in [0.3, 0.4) is 0 Å². The summed E-state index contributed by atoms with van der Waals surface area (Å²) in [4.78, 5) is 44.4. The molecule has 0 saturated heterocycles. The van der Waals surface area contributed by atoms with E-state index in [1.807, 2.05) is 19.9 Å². The lowest BCUT2D eigenvalue weighted by molar-refractivity contribution is -0.727. The van der Waals surface area contributed by atoms with Crippen LogP contribution in [0, 0.1) is 5.92 Å². The minimum absolute atomic E-state index is 0.00289. The van der Waals surface area contributed by atoms with Crippen LogP contribution in [0.2, 0.25) is 0 Å². The molecular weight excluding hydrogens is 611 g/mol. The Labute approximate surface area is 271 Å². The molecule has 0 radical (unpaired) electrons. The molecule has 13 heteroatoms. The summed E-state index contributed by atoms with van der Waals surface area (Å²) >= 11 is 0. The van der Waals surface area contributed by atoms with E-state index in [2.05, 4.69) is 25.3 Å². The van der Waals surface area contributed by atoms with Crippen LogP contribution < -0.4 is 14.8 Å². The standard InChI is InChI=1S/C34H36F3N7O3/c1-7-22(4)30(42-33-38-11-10-29(41-33)25-9-8-12-43(18-25)20-47-32(46)21(2)3)13-23(5)31(45)40-27-14-26(34(35,36)37)15-28(16-27)44-17-24(6)39-19-44/h7-16,18-19,21,24H,17,20H2,1-6H3/p+1/b22-7-,23-13+,42-30?. The van der Waals surface area contributed by atoms with Crippen LogP contribution in [0.15, 0.2) is 88.3 Å². The fourth-order valence-electron chi connectivity index (χ4n) is 4.37. The van der Waals surface area contributed by atoms with Gasteiger partial charge in [0.2, 0.25) is 5.95 Å². The van der Waals surface area contributed by atoms with Gasteiger partial charge < -0.3 is 15.0 Å². The molecule has 0 bridgehead atoms. The van der Waals surface area contributed by atoms with Crippen molar-refractivity contribution >= 4 is 41.2 Å². The Balaban J connectivity index is 1.59. The number of halogens is 3. The number of esters is 1. The van der Waals surface area contributed by atoms with Gasteiger partial charge in [-0.1, -0.05) is 19.9 Å². The zero-order chi connectivity index (χ0) is 34.3. The highest BCUT2D eigenvalue weighted by molar-refractivity contribution is 6.14. The number of carbonyl (C=O) groups is 2. The van der Waals surface area contributed by atoms with Crippen molar-refractivity contribution in [3.05, 3.63) is 83.9 Å². The number of rotatable bonds is 10. The molecule has 1 atom stereocenters. The molecule has 3 aromatic rings. The predicted molar refractivity (Wildman–Crippen MR) is 174 cm³/mol. The van der Waals surface area contributed by atoms with Crippen LogP contribution in [-0.2, 0) is 27.2 Å². The molecule has 2 aromatic heterocycles. The van der Waals surface area contributed by atoms with Crippen LogP contribution in [0.5, 0.6) is 0 Å². The third-order valence-corrected chi connectivity index (χ3v) is 7.15. The Bertz CT molecular complexity index is 1760. The normalized spacial score (nSPS) is 15.7. The summed E-state index contributed by atoms with van der Waals surface area (Å²) in [6.45, 7) is 11.0. The van der Waals surface area contributed by atoms with Crippen LogP contribution in [0.25, 0.3) is 11.3 Å². The number of hydrogen-bond donors (Lipinski definition) is 1. The van der Waals surface area contributed by atoms with E-state index in [1.54, 1.807) is 74.0 Å². The van der Waals surface area contributed by atoms with Crippen LogP contribution in [-0.4, -0.2) is 46.5 Å². The van der Waals surface area contributed by atoms with Crippen molar-refractivity contribution in [1.29, 1.82) is 0 Å². The molecule has 3 heterocycles. The van der Waals surface area contributed by atoms with E-state index in [9.17, 15) is 22.8 Å². The molecule has 1 aromatic carbocycles. The summed E-state index contributed by atoms with van der Waals surface area (Å²) in [5.41, 5.74) is 2.01. The van der Waals surface area contributed by atoms with E-state index >= 15 is 0 Å². The molecule has 1 amide bonds. The number of anilines is 2. The van der Waals surface area contributed by atoms with Crippen LogP contribution in [0.1, 0.15) is 47.1 Å². The number of alkyl halides is 3. The largest absolute Gasteiger partial charge is 0.416 e. The number of ether oxygens (including phenoxy) is 1. The molecule has 47 heavy (non-hydrogen) atoms. The molecule has 0 spiro atoms. The zero-order valence-electron chi connectivity index (χ0n) is 27.0. The summed E-state index contributed by atoms with van der Waals surface area (Å²) in [5.74, 6) is -1.02. The van der Waals surface area contributed by atoms with Crippen molar-refractivity contribution in [2.45, 2.75) is 60.5 Å². The van der Waals surface area contributed by atoms with Gasteiger partial charge in [0, 0.05) is 35.8 Å². The van der Waals surface area contributed by atoms with Crippen molar-refractivity contribution in [3.63, 3.8) is 0 Å². The highest BCUT2D eigenvalue weighted by Crippen LogP contribution is 2.35. The van der Waals surface area contributed by atoms with Gasteiger partial charge >= 0.3 is 12.1 Å². The molecule has 1 unspecified atom stereocenters. The van der Waals surface area contributed by atoms with Gasteiger partial charge in [0.05, 0.1) is 40.8 Å². The number of pyridine rings is 1. The first kappa shape index (κ1) is 34.7. The molecular formula is C34H37F3N7O3+. The number of benzene rings is 1. The quantitative estimate of drug-likeness (QED) is 0.117. The molecule has 246 valence electrons. The maximum atomic E-state index is 13.7. The number of allylic oxidation sites excluding steroid dienone is 3. The summed E-state index contributed by atoms with van der Waals surface area (Å²) in [7, 11) is 0. The van der Waals surface area contributed by atoms with E-state index in [0.717, 1.165) is 23.3 Å². The van der Waals surface area contributed by atoms with Gasteiger partial charge in [-0.25, -0.2) is 15.0 Å². The first-order valence-corrected chi connectivity index (χ1v) is 15.0. The summed E-state index contributed by atoms with van der Waals surface area (Å²) in [6, 6.07) is 8.72. The second kappa shape index (κ2) is 14.9. The predicted octanol–water partition coefficient (Wildman–Crippen LogP) is 6.47. The van der Waals surface area contributed by atoms with Crippen LogP contribution in [0.4, 0.5) is 30.5 Å². The Kier molecular flexibility index (Phi) is 11.0. The molecule has 0 aliphatic carbocycles. The summed E-state index contributed by atoms with van der Waals surface area (Å²) < 4.78 is 48.2. The number of carbonyl (C=O) groups excluding carboxylic acids is 2. The number of amides is 1. The lowest BCUT2D eigenvalue weighted by Gasteiger charge is -2.19.